The molecule has 1 aliphatic rings. The number of hydrogen-bond donors (Lipinski definition) is 1. The Morgan fingerprint density at radius 3 is 2.94 bits per heavy atom. The highest BCUT2D eigenvalue weighted by Crippen LogP contribution is 2.27. The average Bonchev–Trinajstić information content (AvgIpc) is 2.57. The van der Waals surface area contributed by atoms with Crippen LogP contribution in [0.15, 0.2) is 18.2 Å². The Morgan fingerprint density at radius 2 is 2.19 bits per heavy atom. The van der Waals surface area contributed by atoms with Gasteiger partial charge in [0.25, 0.3) is 0 Å². The highest BCUT2D eigenvalue weighted by atomic mass is 35.5. The predicted octanol–water partition coefficient (Wildman–Crippen LogP) is 2.03. The van der Waals surface area contributed by atoms with Gasteiger partial charge in [-0.3, -0.25) is 0 Å². The molecule has 1 aromatic carbocycles. The van der Waals surface area contributed by atoms with E-state index in [1.54, 1.807) is 0 Å². The van der Waals surface area contributed by atoms with Crippen molar-refractivity contribution in [2.24, 2.45) is 5.73 Å². The number of hydrogen-bond acceptors (Lipinski definition) is 3. The molecule has 1 heterocycles. The lowest BCUT2D eigenvalue weighted by Crippen LogP contribution is -2.26. The van der Waals surface area contributed by atoms with Crippen LogP contribution in [0.2, 0.25) is 5.02 Å². The molecule has 0 saturated carbocycles. The molecular formula is C12H17ClN2O. The van der Waals surface area contributed by atoms with Gasteiger partial charge in [-0.05, 0) is 24.1 Å². The fourth-order valence-corrected chi connectivity index (χ4v) is 2.24. The van der Waals surface area contributed by atoms with E-state index in [1.165, 1.54) is 0 Å². The Bertz CT molecular complexity index is 349. The zero-order valence-corrected chi connectivity index (χ0v) is 10.0. The fourth-order valence-electron chi connectivity index (χ4n) is 1.92. The summed E-state index contributed by atoms with van der Waals surface area (Å²) in [5.41, 5.74) is 7.74. The minimum Gasteiger partial charge on any atom is -0.380 e. The first kappa shape index (κ1) is 11.7. The maximum absolute atomic E-state index is 6.26. The molecule has 3 nitrogen and oxygen atoms in total. The van der Waals surface area contributed by atoms with Crippen molar-refractivity contribution >= 4 is 17.3 Å². The molecule has 2 rings (SSSR count). The molecule has 0 amide bonds. The second-order valence-corrected chi connectivity index (χ2v) is 4.35. The van der Waals surface area contributed by atoms with Gasteiger partial charge in [0.2, 0.25) is 0 Å². The molecule has 0 radical (unpaired) electrons. The van der Waals surface area contributed by atoms with Crippen LogP contribution in [0, 0.1) is 0 Å². The quantitative estimate of drug-likeness (QED) is 0.860. The van der Waals surface area contributed by atoms with Gasteiger partial charge in [-0.25, -0.2) is 0 Å². The van der Waals surface area contributed by atoms with Crippen molar-refractivity contribution in [1.82, 2.24) is 0 Å². The molecule has 1 aromatic rings. The van der Waals surface area contributed by atoms with Crippen LogP contribution >= 0.6 is 11.6 Å². The average molecular weight is 241 g/mol. The molecule has 2 N–H and O–H groups in total. The van der Waals surface area contributed by atoms with Crippen LogP contribution in [0.5, 0.6) is 0 Å². The molecular weight excluding hydrogens is 224 g/mol. The molecule has 1 aliphatic heterocycles. The topological polar surface area (TPSA) is 38.5 Å². The van der Waals surface area contributed by atoms with Gasteiger partial charge in [0.15, 0.2) is 0 Å². The third-order valence-corrected chi connectivity index (χ3v) is 3.11. The number of rotatable bonds is 2. The Balaban J connectivity index is 2.18. The van der Waals surface area contributed by atoms with Crippen LogP contribution < -0.4 is 10.6 Å². The Labute approximate surface area is 101 Å². The van der Waals surface area contributed by atoms with Crippen LogP contribution in [0.4, 0.5) is 5.69 Å². The summed E-state index contributed by atoms with van der Waals surface area (Å²) in [5, 5.41) is 0.782. The summed E-state index contributed by atoms with van der Waals surface area (Å²) in [7, 11) is 0. The minimum atomic E-state index is 0.531. The van der Waals surface area contributed by atoms with Crippen LogP contribution in [-0.2, 0) is 11.3 Å². The molecule has 0 aliphatic carbocycles. The van der Waals surface area contributed by atoms with Crippen molar-refractivity contribution in [2.75, 3.05) is 31.2 Å². The van der Waals surface area contributed by atoms with E-state index in [0.717, 1.165) is 49.0 Å². The number of anilines is 1. The Hall–Kier alpha value is -0.770. The molecule has 0 bridgehead atoms. The van der Waals surface area contributed by atoms with Crippen LogP contribution in [-0.4, -0.2) is 26.3 Å². The summed E-state index contributed by atoms with van der Waals surface area (Å²) in [4.78, 5) is 2.27. The van der Waals surface area contributed by atoms with E-state index < -0.39 is 0 Å². The fraction of sp³-hybridized carbons (Fsp3) is 0.500. The van der Waals surface area contributed by atoms with Crippen LogP contribution in [0.25, 0.3) is 0 Å². The predicted molar refractivity (Wildman–Crippen MR) is 67.0 cm³/mol. The standard InChI is InChI=1S/C12H17ClN2O/c13-11-8-10(9-14)2-3-12(11)15-4-1-6-16-7-5-15/h2-3,8H,1,4-7,9,14H2. The third-order valence-electron chi connectivity index (χ3n) is 2.81. The molecule has 88 valence electrons. The molecule has 4 heteroatoms. The minimum absolute atomic E-state index is 0.531. The lowest BCUT2D eigenvalue weighted by molar-refractivity contribution is 0.152. The maximum Gasteiger partial charge on any atom is 0.0642 e. The van der Waals surface area contributed by atoms with Crippen LogP contribution in [0.3, 0.4) is 0 Å². The van der Waals surface area contributed by atoms with Gasteiger partial charge in [-0.15, -0.1) is 0 Å². The van der Waals surface area contributed by atoms with Gasteiger partial charge in [-0.1, -0.05) is 17.7 Å². The van der Waals surface area contributed by atoms with E-state index in [1.807, 2.05) is 12.1 Å². The summed E-state index contributed by atoms with van der Waals surface area (Å²) < 4.78 is 5.43. The molecule has 0 unspecified atom stereocenters. The molecule has 0 aromatic heterocycles. The monoisotopic (exact) mass is 240 g/mol. The van der Waals surface area contributed by atoms with E-state index in [-0.39, 0.29) is 0 Å². The Kier molecular flexibility index (Phi) is 4.04. The normalized spacial score (nSPS) is 17.2. The van der Waals surface area contributed by atoms with E-state index in [9.17, 15) is 0 Å². The zero-order valence-electron chi connectivity index (χ0n) is 9.29. The van der Waals surface area contributed by atoms with Gasteiger partial charge in [0.05, 0.1) is 17.3 Å². The van der Waals surface area contributed by atoms with Gasteiger partial charge in [0.1, 0.15) is 0 Å². The first-order valence-corrected chi connectivity index (χ1v) is 6.00. The van der Waals surface area contributed by atoms with Gasteiger partial charge in [0, 0.05) is 26.2 Å². The van der Waals surface area contributed by atoms with Crippen molar-refractivity contribution in [2.45, 2.75) is 13.0 Å². The number of benzene rings is 1. The lowest BCUT2D eigenvalue weighted by Gasteiger charge is -2.23. The molecule has 0 spiro atoms. The van der Waals surface area contributed by atoms with E-state index >= 15 is 0 Å². The van der Waals surface area contributed by atoms with Gasteiger partial charge >= 0.3 is 0 Å². The number of nitrogens with two attached hydrogens (primary N) is 1. The van der Waals surface area contributed by atoms with E-state index in [0.29, 0.717) is 6.54 Å². The first-order chi connectivity index (χ1) is 7.81. The SMILES string of the molecule is NCc1ccc(N2CCCOCC2)c(Cl)c1. The van der Waals surface area contributed by atoms with Crippen molar-refractivity contribution < 1.29 is 4.74 Å². The lowest BCUT2D eigenvalue weighted by atomic mass is 10.2. The first-order valence-electron chi connectivity index (χ1n) is 5.62. The molecule has 1 fully saturated rings. The third kappa shape index (κ3) is 2.67. The summed E-state index contributed by atoms with van der Waals surface area (Å²) in [5.74, 6) is 0. The number of ether oxygens (including phenoxy) is 1. The van der Waals surface area contributed by atoms with Crippen molar-refractivity contribution in [3.8, 4) is 0 Å². The van der Waals surface area contributed by atoms with Crippen LogP contribution in [0.1, 0.15) is 12.0 Å². The number of nitrogens with zero attached hydrogens (tertiary/aromatic N) is 1. The summed E-state index contributed by atoms with van der Waals surface area (Å²) in [6.07, 6.45) is 1.05. The van der Waals surface area contributed by atoms with Gasteiger partial charge < -0.3 is 15.4 Å². The van der Waals surface area contributed by atoms with E-state index in [2.05, 4.69) is 11.0 Å². The second kappa shape index (κ2) is 5.53. The second-order valence-electron chi connectivity index (χ2n) is 3.94. The van der Waals surface area contributed by atoms with Crippen molar-refractivity contribution in [3.63, 3.8) is 0 Å². The van der Waals surface area contributed by atoms with Gasteiger partial charge in [-0.2, -0.15) is 0 Å². The molecule has 16 heavy (non-hydrogen) atoms. The highest BCUT2D eigenvalue weighted by molar-refractivity contribution is 6.33. The highest BCUT2D eigenvalue weighted by Gasteiger charge is 2.12. The summed E-state index contributed by atoms with van der Waals surface area (Å²) >= 11 is 6.26. The zero-order chi connectivity index (χ0) is 11.4. The van der Waals surface area contributed by atoms with Crippen molar-refractivity contribution in [1.29, 1.82) is 0 Å². The van der Waals surface area contributed by atoms with Crippen molar-refractivity contribution in [3.05, 3.63) is 28.8 Å². The molecule has 0 atom stereocenters. The summed E-state index contributed by atoms with van der Waals surface area (Å²) in [6, 6.07) is 6.03. The largest absolute Gasteiger partial charge is 0.380 e. The smallest absolute Gasteiger partial charge is 0.0642 e. The summed E-state index contributed by atoms with van der Waals surface area (Å²) in [6.45, 7) is 4.05. The van der Waals surface area contributed by atoms with E-state index in [4.69, 9.17) is 22.1 Å². The Morgan fingerprint density at radius 1 is 1.31 bits per heavy atom. The number of halogens is 1. The maximum atomic E-state index is 6.26. The molecule has 1 saturated heterocycles.